The van der Waals surface area contributed by atoms with Crippen molar-refractivity contribution in [1.82, 2.24) is 0 Å². The molecule has 2 aromatic carbocycles. The molecule has 3 rings (SSSR count). The van der Waals surface area contributed by atoms with E-state index in [0.717, 1.165) is 27.8 Å². The predicted molar refractivity (Wildman–Crippen MR) is 97.0 cm³/mol. The fraction of sp³-hybridized carbons (Fsp3) is 0.158. The molecule has 0 radical (unpaired) electrons. The van der Waals surface area contributed by atoms with Crippen molar-refractivity contribution in [2.24, 2.45) is 4.99 Å². The molecule has 0 amide bonds. The molecule has 122 valence electrons. The topological polar surface area (TPSA) is 47.9 Å². The maximum atomic E-state index is 12.0. The van der Waals surface area contributed by atoms with Crippen LogP contribution in [0.2, 0.25) is 0 Å². The summed E-state index contributed by atoms with van der Waals surface area (Å²) in [6.45, 7) is 2.75. The summed E-state index contributed by atoms with van der Waals surface area (Å²) in [5.74, 6) is 0.666. The summed E-state index contributed by atoms with van der Waals surface area (Å²) < 4.78 is 11.7. The van der Waals surface area contributed by atoms with Gasteiger partial charge in [0.25, 0.3) is 0 Å². The Labute approximate surface area is 148 Å². The fourth-order valence-corrected chi connectivity index (χ4v) is 2.65. The molecule has 5 heteroatoms. The number of esters is 1. The van der Waals surface area contributed by atoms with Crippen LogP contribution in [-0.2, 0) is 9.53 Å². The van der Waals surface area contributed by atoms with E-state index in [1.807, 2.05) is 48.5 Å². The molecule has 0 bridgehead atoms. The van der Waals surface area contributed by atoms with Gasteiger partial charge in [-0.1, -0.05) is 31.2 Å². The zero-order valence-corrected chi connectivity index (χ0v) is 14.7. The summed E-state index contributed by atoms with van der Waals surface area (Å²) in [7, 11) is 0. The Hall–Kier alpha value is -2.40. The predicted octanol–water partition coefficient (Wildman–Crippen LogP) is 4.58. The van der Waals surface area contributed by atoms with E-state index in [0.29, 0.717) is 12.5 Å². The van der Waals surface area contributed by atoms with E-state index in [4.69, 9.17) is 9.47 Å². The molecule has 0 fully saturated rings. The number of hydrogen-bond acceptors (Lipinski definition) is 4. The van der Waals surface area contributed by atoms with Gasteiger partial charge in [-0.2, -0.15) is 0 Å². The number of halogens is 1. The van der Waals surface area contributed by atoms with Crippen LogP contribution >= 0.6 is 15.9 Å². The van der Waals surface area contributed by atoms with Gasteiger partial charge in [-0.3, -0.25) is 0 Å². The van der Waals surface area contributed by atoms with Crippen LogP contribution in [0.4, 0.5) is 0 Å². The monoisotopic (exact) mass is 385 g/mol. The minimum Gasteiger partial charge on any atom is -0.494 e. The van der Waals surface area contributed by atoms with E-state index >= 15 is 0 Å². The molecule has 2 aromatic rings. The Bertz CT molecular complexity index is 810. The van der Waals surface area contributed by atoms with Crippen LogP contribution in [0.25, 0.3) is 6.08 Å². The molecule has 0 unspecified atom stereocenters. The van der Waals surface area contributed by atoms with Gasteiger partial charge in [0.05, 0.1) is 12.2 Å². The van der Waals surface area contributed by atoms with E-state index in [1.165, 1.54) is 0 Å². The smallest absolute Gasteiger partial charge is 0.363 e. The number of nitrogens with zero attached hydrogens (tertiary/aromatic N) is 1. The molecule has 0 N–H and O–H groups in total. The van der Waals surface area contributed by atoms with Crippen LogP contribution in [0.5, 0.6) is 5.75 Å². The summed E-state index contributed by atoms with van der Waals surface area (Å²) in [5, 5.41) is 0. The lowest BCUT2D eigenvalue weighted by Gasteiger charge is -2.04. The van der Waals surface area contributed by atoms with Crippen LogP contribution < -0.4 is 4.74 Å². The van der Waals surface area contributed by atoms with Crippen molar-refractivity contribution < 1.29 is 14.3 Å². The number of ether oxygens (including phenoxy) is 2. The van der Waals surface area contributed by atoms with Gasteiger partial charge in [-0.15, -0.1) is 0 Å². The standard InChI is InChI=1S/C19H16BrNO3/c1-2-11-23-14-9-7-13(8-10-14)12-17-19(22)24-18(21-17)15-5-3-4-6-16(15)20/h3-10,12H,2,11H2,1H3/b17-12+. The summed E-state index contributed by atoms with van der Waals surface area (Å²) in [5.41, 5.74) is 1.89. The number of aliphatic imine (C=N–C) groups is 1. The summed E-state index contributed by atoms with van der Waals surface area (Å²) >= 11 is 3.44. The molecular formula is C19H16BrNO3. The minimum absolute atomic E-state index is 0.281. The quantitative estimate of drug-likeness (QED) is 0.558. The number of hydrogen-bond donors (Lipinski definition) is 0. The first-order valence-corrected chi connectivity index (χ1v) is 8.47. The van der Waals surface area contributed by atoms with E-state index in [1.54, 1.807) is 6.08 Å². The lowest BCUT2D eigenvalue weighted by Crippen LogP contribution is -2.05. The Morgan fingerprint density at radius 1 is 1.17 bits per heavy atom. The van der Waals surface area contributed by atoms with Gasteiger partial charge >= 0.3 is 5.97 Å². The molecule has 0 aliphatic carbocycles. The summed E-state index contributed by atoms with van der Waals surface area (Å²) in [6, 6.07) is 15.0. The average molecular weight is 386 g/mol. The van der Waals surface area contributed by atoms with Crippen LogP contribution in [0, 0.1) is 0 Å². The molecular weight excluding hydrogens is 370 g/mol. The normalized spacial score (nSPS) is 15.3. The zero-order valence-electron chi connectivity index (χ0n) is 13.2. The highest BCUT2D eigenvalue weighted by molar-refractivity contribution is 9.10. The van der Waals surface area contributed by atoms with Crippen LogP contribution in [0.3, 0.4) is 0 Å². The van der Waals surface area contributed by atoms with E-state index in [9.17, 15) is 4.79 Å². The Balaban J connectivity index is 1.82. The molecule has 24 heavy (non-hydrogen) atoms. The van der Waals surface area contributed by atoms with Crippen molar-refractivity contribution in [3.05, 3.63) is 69.8 Å². The third-order valence-corrected chi connectivity index (χ3v) is 4.07. The average Bonchev–Trinajstić information content (AvgIpc) is 2.95. The van der Waals surface area contributed by atoms with Crippen molar-refractivity contribution in [2.75, 3.05) is 6.61 Å². The molecule has 0 aromatic heterocycles. The van der Waals surface area contributed by atoms with Gasteiger partial charge in [0, 0.05) is 4.47 Å². The fourth-order valence-electron chi connectivity index (χ4n) is 2.20. The van der Waals surface area contributed by atoms with Crippen molar-refractivity contribution in [2.45, 2.75) is 13.3 Å². The number of cyclic esters (lactones) is 1. The summed E-state index contributed by atoms with van der Waals surface area (Å²) in [6.07, 6.45) is 2.67. The molecule has 1 aliphatic rings. The van der Waals surface area contributed by atoms with Crippen molar-refractivity contribution in [3.8, 4) is 5.75 Å². The van der Waals surface area contributed by atoms with Crippen molar-refractivity contribution >= 4 is 33.9 Å². The van der Waals surface area contributed by atoms with E-state index in [2.05, 4.69) is 27.8 Å². The number of carbonyl (C=O) groups excluding carboxylic acids is 1. The first kappa shape index (κ1) is 16.5. The third kappa shape index (κ3) is 3.74. The van der Waals surface area contributed by atoms with Crippen LogP contribution in [0.1, 0.15) is 24.5 Å². The second-order valence-electron chi connectivity index (χ2n) is 5.23. The van der Waals surface area contributed by atoms with Crippen LogP contribution in [0.15, 0.2) is 63.7 Å². The molecule has 0 spiro atoms. The molecule has 0 saturated carbocycles. The highest BCUT2D eigenvalue weighted by atomic mass is 79.9. The number of carbonyl (C=O) groups is 1. The van der Waals surface area contributed by atoms with Gasteiger partial charge in [0.2, 0.25) is 5.90 Å². The number of benzene rings is 2. The molecule has 1 aliphatic heterocycles. The van der Waals surface area contributed by atoms with Gasteiger partial charge < -0.3 is 9.47 Å². The van der Waals surface area contributed by atoms with E-state index < -0.39 is 5.97 Å². The summed E-state index contributed by atoms with van der Waals surface area (Å²) in [4.78, 5) is 16.3. The lowest BCUT2D eigenvalue weighted by atomic mass is 10.2. The third-order valence-electron chi connectivity index (χ3n) is 3.38. The van der Waals surface area contributed by atoms with Crippen molar-refractivity contribution in [1.29, 1.82) is 0 Å². The Kier molecular flexibility index (Phi) is 5.11. The van der Waals surface area contributed by atoms with Crippen LogP contribution in [-0.4, -0.2) is 18.5 Å². The van der Waals surface area contributed by atoms with Gasteiger partial charge in [0.1, 0.15) is 5.75 Å². The Morgan fingerprint density at radius 2 is 1.92 bits per heavy atom. The SMILES string of the molecule is CCCOc1ccc(/C=C2/N=C(c3ccccc3Br)OC2=O)cc1. The molecule has 4 nitrogen and oxygen atoms in total. The maximum Gasteiger partial charge on any atom is 0.363 e. The second kappa shape index (κ2) is 7.45. The maximum absolute atomic E-state index is 12.0. The second-order valence-corrected chi connectivity index (χ2v) is 6.09. The first-order chi connectivity index (χ1) is 11.7. The first-order valence-electron chi connectivity index (χ1n) is 7.67. The highest BCUT2D eigenvalue weighted by Crippen LogP contribution is 2.24. The van der Waals surface area contributed by atoms with Gasteiger partial charge in [-0.05, 0) is 58.3 Å². The molecule has 0 atom stereocenters. The number of rotatable bonds is 5. The van der Waals surface area contributed by atoms with Crippen molar-refractivity contribution in [3.63, 3.8) is 0 Å². The highest BCUT2D eigenvalue weighted by Gasteiger charge is 2.25. The molecule has 1 heterocycles. The van der Waals surface area contributed by atoms with Gasteiger partial charge in [0.15, 0.2) is 5.70 Å². The Morgan fingerprint density at radius 3 is 2.62 bits per heavy atom. The van der Waals surface area contributed by atoms with E-state index in [-0.39, 0.29) is 5.70 Å². The molecule has 0 saturated heterocycles. The zero-order chi connectivity index (χ0) is 16.9. The minimum atomic E-state index is -0.452. The lowest BCUT2D eigenvalue weighted by molar-refractivity contribution is -0.129. The van der Waals surface area contributed by atoms with Gasteiger partial charge in [-0.25, -0.2) is 9.79 Å². The largest absolute Gasteiger partial charge is 0.494 e.